The molecule has 10 heteroatoms. The van der Waals surface area contributed by atoms with Crippen LogP contribution in [0.4, 0.5) is 0 Å². The number of phosphoric ester groups is 1. The van der Waals surface area contributed by atoms with Gasteiger partial charge in [-0.3, -0.25) is 14.2 Å². The fourth-order valence-electron chi connectivity index (χ4n) is 6.94. The van der Waals surface area contributed by atoms with Crippen molar-refractivity contribution < 1.29 is 42.1 Å². The predicted molar refractivity (Wildman–Crippen MR) is 304 cm³/mol. The summed E-state index contributed by atoms with van der Waals surface area (Å²) in [5.74, 6) is -0.942. The highest BCUT2D eigenvalue weighted by Gasteiger charge is 2.21. The molecule has 0 aromatic carbocycles. The van der Waals surface area contributed by atoms with E-state index in [2.05, 4.69) is 135 Å². The molecule has 0 aliphatic carbocycles. The second kappa shape index (κ2) is 52.0. The zero-order valence-electron chi connectivity index (χ0n) is 46.1. The van der Waals surface area contributed by atoms with E-state index in [1.807, 2.05) is 33.3 Å². The smallest absolute Gasteiger partial charge is 0.306 e. The van der Waals surface area contributed by atoms with Gasteiger partial charge in [-0.15, -0.1) is 0 Å². The number of ether oxygens (including phenoxy) is 2. The number of rotatable bonds is 49. The Morgan fingerprint density at radius 2 is 0.778 bits per heavy atom. The molecule has 2 atom stereocenters. The van der Waals surface area contributed by atoms with Crippen molar-refractivity contribution >= 4 is 19.8 Å². The van der Waals surface area contributed by atoms with Crippen LogP contribution in [0.2, 0.25) is 0 Å². The van der Waals surface area contributed by atoms with Crippen molar-refractivity contribution in [3.05, 3.63) is 134 Å². The van der Waals surface area contributed by atoms with E-state index in [1.165, 1.54) is 64.2 Å². The molecule has 0 N–H and O–H groups in total. The Morgan fingerprint density at radius 3 is 1.17 bits per heavy atom. The average Bonchev–Trinajstić information content (AvgIpc) is 3.34. The molecule has 0 bridgehead atoms. The molecule has 9 nitrogen and oxygen atoms in total. The quantitative estimate of drug-likeness (QED) is 0.0195. The third kappa shape index (κ3) is 55.5. The molecule has 0 aromatic heterocycles. The highest BCUT2D eigenvalue weighted by atomic mass is 31.2. The van der Waals surface area contributed by atoms with Crippen LogP contribution in [0.1, 0.15) is 194 Å². The first-order valence-electron chi connectivity index (χ1n) is 27.9. The maximum atomic E-state index is 12.7. The predicted octanol–water partition coefficient (Wildman–Crippen LogP) is 16.7. The van der Waals surface area contributed by atoms with Crippen molar-refractivity contribution in [3.8, 4) is 0 Å². The molecule has 0 radical (unpaired) electrons. The number of phosphoric acid groups is 1. The number of allylic oxidation sites excluding steroid dienone is 22. The van der Waals surface area contributed by atoms with Gasteiger partial charge in [0.05, 0.1) is 27.7 Å². The van der Waals surface area contributed by atoms with Crippen LogP contribution in [0.25, 0.3) is 0 Å². The van der Waals surface area contributed by atoms with Gasteiger partial charge in [0.2, 0.25) is 0 Å². The molecule has 0 spiro atoms. The van der Waals surface area contributed by atoms with E-state index in [0.29, 0.717) is 23.9 Å². The first-order valence-corrected chi connectivity index (χ1v) is 29.4. The molecule has 0 saturated carbocycles. The van der Waals surface area contributed by atoms with Gasteiger partial charge < -0.3 is 27.9 Å². The van der Waals surface area contributed by atoms with Gasteiger partial charge in [0.25, 0.3) is 7.82 Å². The zero-order chi connectivity index (χ0) is 52.7. The molecule has 0 aliphatic rings. The normalized spacial score (nSPS) is 14.4. The maximum Gasteiger partial charge on any atom is 0.306 e. The highest BCUT2D eigenvalue weighted by Crippen LogP contribution is 2.38. The largest absolute Gasteiger partial charge is 0.756 e. The number of likely N-dealkylation sites (N-methyl/N-ethyl adjacent to an activating group) is 1. The number of nitrogens with zero attached hydrogens (tertiary/aromatic N) is 1. The standard InChI is InChI=1S/C62H102NO8P/c1-6-8-10-12-14-16-18-20-22-24-26-27-28-29-30-31-32-33-34-35-37-38-40-42-44-46-48-50-52-54-61(64)68-58-60(59-70-72(66,67)69-57-56-63(3,4)5)71-62(65)55-53-51-49-47-45-43-41-39-36-25-23-21-19-17-15-13-11-9-7-2/h8-11,14-17,20-23,26-27,29-30,36,39,43,45,49,51,60H,6-7,12-13,18-19,24-25,28,31-35,37-38,40-42,44,46-48,50,52-59H2,1-5H3/b10-8-,11-9-,16-14-,17-15-,22-20-,23-21-,27-26-,30-29-,39-36-,45-43-,51-49-. The fraction of sp³-hybridized carbons (Fsp3) is 0.613. The summed E-state index contributed by atoms with van der Waals surface area (Å²) in [4.78, 5) is 37.8. The minimum atomic E-state index is -4.66. The fourth-order valence-corrected chi connectivity index (χ4v) is 7.67. The Hall–Kier alpha value is -3.85. The summed E-state index contributed by atoms with van der Waals surface area (Å²) in [6.45, 7) is 3.90. The van der Waals surface area contributed by atoms with Gasteiger partial charge in [-0.2, -0.15) is 0 Å². The molecule has 0 saturated heterocycles. The summed E-state index contributed by atoms with van der Waals surface area (Å²) < 4.78 is 34.0. The van der Waals surface area contributed by atoms with Crippen molar-refractivity contribution in [2.24, 2.45) is 0 Å². The van der Waals surface area contributed by atoms with Crippen molar-refractivity contribution in [1.82, 2.24) is 0 Å². The number of hydrogen-bond donors (Lipinski definition) is 0. The number of carbonyl (C=O) groups is 2. The number of hydrogen-bond acceptors (Lipinski definition) is 8. The molecule has 0 heterocycles. The van der Waals surface area contributed by atoms with E-state index in [-0.39, 0.29) is 26.1 Å². The Labute approximate surface area is 441 Å². The second-order valence-corrected chi connectivity index (χ2v) is 20.6. The van der Waals surface area contributed by atoms with Gasteiger partial charge in [-0.05, 0) is 96.3 Å². The molecule has 0 aromatic rings. The molecule has 72 heavy (non-hydrogen) atoms. The number of esters is 2. The van der Waals surface area contributed by atoms with Crippen LogP contribution in [0, 0.1) is 0 Å². The Bertz CT molecular complexity index is 1670. The summed E-state index contributed by atoms with van der Waals surface area (Å²) in [7, 11) is 1.10. The summed E-state index contributed by atoms with van der Waals surface area (Å²) in [5.41, 5.74) is 0. The number of carbonyl (C=O) groups excluding carboxylic acids is 2. The molecular weight excluding hydrogens is 918 g/mol. The van der Waals surface area contributed by atoms with E-state index < -0.39 is 32.5 Å². The van der Waals surface area contributed by atoms with E-state index in [4.69, 9.17) is 18.5 Å². The van der Waals surface area contributed by atoms with Crippen molar-refractivity contribution in [2.75, 3.05) is 47.5 Å². The van der Waals surface area contributed by atoms with Gasteiger partial charge in [0.1, 0.15) is 19.8 Å². The minimum absolute atomic E-state index is 0.0516. The Morgan fingerprint density at radius 1 is 0.431 bits per heavy atom. The van der Waals surface area contributed by atoms with E-state index in [9.17, 15) is 19.0 Å². The second-order valence-electron chi connectivity index (χ2n) is 19.2. The first-order chi connectivity index (χ1) is 35.0. The molecule has 408 valence electrons. The van der Waals surface area contributed by atoms with Crippen LogP contribution in [-0.2, 0) is 32.7 Å². The summed E-state index contributed by atoms with van der Waals surface area (Å²) in [6.07, 6.45) is 75.1. The molecule has 0 fully saturated rings. The van der Waals surface area contributed by atoms with Crippen LogP contribution in [0.5, 0.6) is 0 Å². The van der Waals surface area contributed by atoms with Gasteiger partial charge in [-0.25, -0.2) is 0 Å². The van der Waals surface area contributed by atoms with Crippen LogP contribution < -0.4 is 4.89 Å². The SMILES string of the molecule is CC/C=C\C/C=C\C/C=C\C/C=C\C/C=C\C/C=C\CCC(=O)OC(COC(=O)CCCCCCCCCCCCCCC/C=C\C/C=C\C/C=C\C/C=C\C/C=C\CC)COP(=O)([O-])OCC[N+](C)(C)C. The first kappa shape index (κ1) is 68.2. The van der Waals surface area contributed by atoms with E-state index in [0.717, 1.165) is 89.9 Å². The molecular formula is C62H102NO8P. The van der Waals surface area contributed by atoms with Crippen LogP contribution >= 0.6 is 7.82 Å². The monoisotopic (exact) mass is 1020 g/mol. The van der Waals surface area contributed by atoms with Crippen LogP contribution in [0.15, 0.2) is 134 Å². The average molecular weight is 1020 g/mol. The zero-order valence-corrected chi connectivity index (χ0v) is 47.0. The summed E-state index contributed by atoms with van der Waals surface area (Å²) in [6, 6.07) is 0. The van der Waals surface area contributed by atoms with Crippen molar-refractivity contribution in [3.63, 3.8) is 0 Å². The number of unbranched alkanes of at least 4 members (excludes halogenated alkanes) is 13. The topological polar surface area (TPSA) is 111 Å². The van der Waals surface area contributed by atoms with Crippen molar-refractivity contribution in [2.45, 2.75) is 200 Å². The van der Waals surface area contributed by atoms with Gasteiger partial charge in [-0.1, -0.05) is 218 Å². The van der Waals surface area contributed by atoms with Gasteiger partial charge >= 0.3 is 11.9 Å². The molecule has 0 amide bonds. The van der Waals surface area contributed by atoms with Gasteiger partial charge in [0.15, 0.2) is 6.10 Å². The van der Waals surface area contributed by atoms with E-state index in [1.54, 1.807) is 0 Å². The summed E-state index contributed by atoms with van der Waals surface area (Å²) in [5, 5.41) is 0. The van der Waals surface area contributed by atoms with E-state index >= 15 is 0 Å². The lowest BCUT2D eigenvalue weighted by molar-refractivity contribution is -0.870. The molecule has 0 rings (SSSR count). The lowest BCUT2D eigenvalue weighted by Gasteiger charge is -2.28. The molecule has 0 aliphatic heterocycles. The minimum Gasteiger partial charge on any atom is -0.756 e. The maximum absolute atomic E-state index is 12.7. The molecule has 2 unspecified atom stereocenters. The van der Waals surface area contributed by atoms with Gasteiger partial charge in [0, 0.05) is 12.8 Å². The highest BCUT2D eigenvalue weighted by molar-refractivity contribution is 7.45. The van der Waals surface area contributed by atoms with Crippen LogP contribution in [-0.4, -0.2) is 70.0 Å². The third-order valence-corrected chi connectivity index (χ3v) is 12.1. The number of quaternary nitrogens is 1. The lowest BCUT2D eigenvalue weighted by atomic mass is 10.0. The lowest BCUT2D eigenvalue weighted by Crippen LogP contribution is -2.37. The van der Waals surface area contributed by atoms with Crippen LogP contribution in [0.3, 0.4) is 0 Å². The third-order valence-electron chi connectivity index (χ3n) is 11.2. The summed E-state index contributed by atoms with van der Waals surface area (Å²) >= 11 is 0. The van der Waals surface area contributed by atoms with Crippen molar-refractivity contribution in [1.29, 1.82) is 0 Å². The Kier molecular flexibility index (Phi) is 49.2. The Balaban J connectivity index is 4.26.